The van der Waals surface area contributed by atoms with Crippen LogP contribution in [-0.4, -0.2) is 31.7 Å². The Morgan fingerprint density at radius 1 is 1.00 bits per heavy atom. The molecule has 9 heteroatoms. The van der Waals surface area contributed by atoms with E-state index in [1.807, 2.05) is 0 Å². The minimum atomic E-state index is -4.47. The van der Waals surface area contributed by atoms with Crippen LogP contribution in [0.1, 0.15) is 30.4 Å². The molecule has 0 atom stereocenters. The van der Waals surface area contributed by atoms with E-state index in [1.54, 1.807) is 6.07 Å². The van der Waals surface area contributed by atoms with Gasteiger partial charge in [-0.3, -0.25) is 4.79 Å². The van der Waals surface area contributed by atoms with Gasteiger partial charge in [-0.2, -0.15) is 17.5 Å². The predicted molar refractivity (Wildman–Crippen MR) is 108 cm³/mol. The molecule has 1 heterocycles. The van der Waals surface area contributed by atoms with Crippen molar-refractivity contribution in [1.29, 1.82) is 0 Å². The summed E-state index contributed by atoms with van der Waals surface area (Å²) in [4.78, 5) is 12.2. The quantitative estimate of drug-likeness (QED) is 0.698. The number of rotatable bonds is 5. The first-order valence-corrected chi connectivity index (χ1v) is 10.9. The lowest BCUT2D eigenvalue weighted by Gasteiger charge is -2.26. The Bertz CT molecular complexity index is 1040. The zero-order chi connectivity index (χ0) is 21.8. The molecule has 0 unspecified atom stereocenters. The van der Waals surface area contributed by atoms with Crippen molar-refractivity contribution < 1.29 is 26.4 Å². The van der Waals surface area contributed by atoms with Crippen LogP contribution in [0, 0.1) is 0 Å². The molecule has 0 saturated carbocycles. The number of carbonyl (C=O) groups excluding carboxylic acids is 1. The van der Waals surface area contributed by atoms with Gasteiger partial charge in [0.15, 0.2) is 0 Å². The van der Waals surface area contributed by atoms with Crippen LogP contribution < -0.4 is 5.32 Å². The molecule has 1 aliphatic heterocycles. The summed E-state index contributed by atoms with van der Waals surface area (Å²) in [5.41, 5.74) is -0.297. The molecule has 0 aromatic heterocycles. The van der Waals surface area contributed by atoms with E-state index in [2.05, 4.69) is 5.32 Å². The second-order valence-corrected chi connectivity index (χ2v) is 8.88. The predicted octanol–water partition coefficient (Wildman–Crippen LogP) is 4.53. The standard InChI is InChI=1S/C21H21F3N2O3S/c22-21(23,24)17-7-4-6-16(14-17)10-11-20(27)25-18-8-5-9-19(15-18)30(28,29)26-12-2-1-3-13-26/h4-11,14-15H,1-3,12-13H2,(H,25,27). The minimum Gasteiger partial charge on any atom is -0.322 e. The number of hydrogen-bond donors (Lipinski definition) is 1. The van der Waals surface area contributed by atoms with Crippen LogP contribution in [0.3, 0.4) is 0 Å². The molecule has 1 fully saturated rings. The lowest BCUT2D eigenvalue weighted by atomic mass is 10.1. The van der Waals surface area contributed by atoms with Crippen LogP contribution in [0.15, 0.2) is 59.5 Å². The SMILES string of the molecule is O=C(C=Cc1cccc(C(F)(F)F)c1)Nc1cccc(S(=O)(=O)N2CCCCC2)c1. The summed E-state index contributed by atoms with van der Waals surface area (Å²) in [6, 6.07) is 10.5. The highest BCUT2D eigenvalue weighted by Gasteiger charge is 2.30. The fourth-order valence-electron chi connectivity index (χ4n) is 3.16. The van der Waals surface area contributed by atoms with Gasteiger partial charge >= 0.3 is 6.18 Å². The average Bonchev–Trinajstić information content (AvgIpc) is 2.73. The Hall–Kier alpha value is -2.65. The average molecular weight is 438 g/mol. The highest BCUT2D eigenvalue weighted by Crippen LogP contribution is 2.29. The number of alkyl halides is 3. The molecule has 0 radical (unpaired) electrons. The van der Waals surface area contributed by atoms with E-state index in [0.29, 0.717) is 13.1 Å². The maximum Gasteiger partial charge on any atom is 0.416 e. The second kappa shape index (κ2) is 9.01. The molecule has 0 bridgehead atoms. The fourth-order valence-corrected chi connectivity index (χ4v) is 4.73. The van der Waals surface area contributed by atoms with Gasteiger partial charge in [0.25, 0.3) is 0 Å². The van der Waals surface area contributed by atoms with Crippen LogP contribution in [0.4, 0.5) is 18.9 Å². The number of sulfonamides is 1. The lowest BCUT2D eigenvalue weighted by Crippen LogP contribution is -2.35. The topological polar surface area (TPSA) is 66.5 Å². The molecule has 0 spiro atoms. The molecule has 160 valence electrons. The van der Waals surface area contributed by atoms with Gasteiger partial charge in [-0.15, -0.1) is 0 Å². The van der Waals surface area contributed by atoms with Crippen molar-refractivity contribution in [2.45, 2.75) is 30.3 Å². The molecule has 1 saturated heterocycles. The number of anilines is 1. The van der Waals surface area contributed by atoms with Crippen LogP contribution in [-0.2, 0) is 21.0 Å². The third-order valence-electron chi connectivity index (χ3n) is 4.70. The van der Waals surface area contributed by atoms with Gasteiger partial charge in [0, 0.05) is 24.9 Å². The first kappa shape index (κ1) is 22.0. The highest BCUT2D eigenvalue weighted by molar-refractivity contribution is 7.89. The maximum absolute atomic E-state index is 12.8. The Balaban J connectivity index is 1.70. The summed E-state index contributed by atoms with van der Waals surface area (Å²) < 4.78 is 65.2. The molecule has 2 aromatic carbocycles. The number of nitrogens with zero attached hydrogens (tertiary/aromatic N) is 1. The number of carbonyl (C=O) groups is 1. The van der Waals surface area contributed by atoms with Crippen LogP contribution in [0.2, 0.25) is 0 Å². The number of hydrogen-bond acceptors (Lipinski definition) is 3. The van der Waals surface area contributed by atoms with E-state index < -0.39 is 27.7 Å². The van der Waals surface area contributed by atoms with Crippen molar-refractivity contribution in [2.75, 3.05) is 18.4 Å². The minimum absolute atomic E-state index is 0.0871. The van der Waals surface area contributed by atoms with Crippen molar-refractivity contribution in [3.05, 3.63) is 65.7 Å². The molecular weight excluding hydrogens is 417 g/mol. The normalized spacial score (nSPS) is 16.0. The summed E-state index contributed by atoms with van der Waals surface area (Å²) in [6.07, 6.45) is 0.527. The van der Waals surface area contributed by atoms with E-state index in [0.717, 1.165) is 37.5 Å². The van der Waals surface area contributed by atoms with Crippen LogP contribution >= 0.6 is 0 Å². The number of amides is 1. The number of halogens is 3. The first-order valence-electron chi connectivity index (χ1n) is 9.43. The molecule has 1 aliphatic rings. The van der Waals surface area contributed by atoms with Gasteiger partial charge in [-0.05, 0) is 54.8 Å². The Labute approximate surface area is 173 Å². The molecular formula is C21H21F3N2O3S. The van der Waals surface area contributed by atoms with Gasteiger partial charge in [-0.25, -0.2) is 8.42 Å². The summed E-state index contributed by atoms with van der Waals surface area (Å²) in [6.45, 7) is 0.942. The molecule has 1 N–H and O–H groups in total. The molecule has 0 aliphatic carbocycles. The molecule has 5 nitrogen and oxygen atoms in total. The molecule has 2 aromatic rings. The molecule has 3 rings (SSSR count). The Morgan fingerprint density at radius 2 is 1.70 bits per heavy atom. The Kier molecular flexibility index (Phi) is 6.62. The van der Waals surface area contributed by atoms with E-state index in [9.17, 15) is 26.4 Å². The van der Waals surface area contributed by atoms with Gasteiger partial charge < -0.3 is 5.32 Å². The van der Waals surface area contributed by atoms with Crippen molar-refractivity contribution >= 4 is 27.7 Å². The zero-order valence-electron chi connectivity index (χ0n) is 16.0. The van der Waals surface area contributed by atoms with E-state index >= 15 is 0 Å². The highest BCUT2D eigenvalue weighted by atomic mass is 32.2. The lowest BCUT2D eigenvalue weighted by molar-refractivity contribution is -0.137. The number of piperidine rings is 1. The maximum atomic E-state index is 12.8. The Morgan fingerprint density at radius 3 is 2.40 bits per heavy atom. The van der Waals surface area contributed by atoms with Crippen LogP contribution in [0.25, 0.3) is 6.08 Å². The summed E-state index contributed by atoms with van der Waals surface area (Å²) >= 11 is 0. The third kappa shape index (κ3) is 5.48. The first-order chi connectivity index (χ1) is 14.2. The fraction of sp³-hybridized carbons (Fsp3) is 0.286. The second-order valence-electron chi connectivity index (χ2n) is 6.94. The summed E-state index contributed by atoms with van der Waals surface area (Å²) in [7, 11) is -3.64. The smallest absolute Gasteiger partial charge is 0.322 e. The van der Waals surface area contributed by atoms with E-state index in [4.69, 9.17) is 0 Å². The van der Waals surface area contributed by atoms with Crippen molar-refractivity contribution in [3.8, 4) is 0 Å². The van der Waals surface area contributed by atoms with Crippen molar-refractivity contribution in [1.82, 2.24) is 4.31 Å². The van der Waals surface area contributed by atoms with Gasteiger partial charge in [-0.1, -0.05) is 24.6 Å². The van der Waals surface area contributed by atoms with Crippen molar-refractivity contribution in [2.24, 2.45) is 0 Å². The third-order valence-corrected chi connectivity index (χ3v) is 6.59. The van der Waals surface area contributed by atoms with Crippen molar-refractivity contribution in [3.63, 3.8) is 0 Å². The molecule has 30 heavy (non-hydrogen) atoms. The number of nitrogens with one attached hydrogen (secondary N) is 1. The van der Waals surface area contributed by atoms with E-state index in [1.165, 1.54) is 40.7 Å². The number of benzene rings is 2. The van der Waals surface area contributed by atoms with Gasteiger partial charge in [0.05, 0.1) is 10.5 Å². The van der Waals surface area contributed by atoms with Gasteiger partial charge in [0.2, 0.25) is 15.9 Å². The van der Waals surface area contributed by atoms with Crippen LogP contribution in [0.5, 0.6) is 0 Å². The zero-order valence-corrected chi connectivity index (χ0v) is 16.8. The van der Waals surface area contributed by atoms with E-state index in [-0.39, 0.29) is 16.1 Å². The summed E-state index contributed by atoms with van der Waals surface area (Å²) in [5, 5.41) is 2.54. The summed E-state index contributed by atoms with van der Waals surface area (Å²) in [5.74, 6) is -0.583. The van der Waals surface area contributed by atoms with Gasteiger partial charge in [0.1, 0.15) is 0 Å². The molecule has 1 amide bonds. The largest absolute Gasteiger partial charge is 0.416 e. The monoisotopic (exact) mass is 438 g/mol.